The molecule has 1 N–H and O–H groups in total. The van der Waals surface area contributed by atoms with Crippen molar-refractivity contribution in [1.29, 1.82) is 0 Å². The van der Waals surface area contributed by atoms with E-state index in [4.69, 9.17) is 0 Å². The molecule has 0 aliphatic carbocycles. The second-order valence-corrected chi connectivity index (χ2v) is 8.68. The number of nitrogens with zero attached hydrogens (tertiary/aromatic N) is 1. The molecule has 0 aliphatic rings. The van der Waals surface area contributed by atoms with E-state index < -0.39 is 9.84 Å². The van der Waals surface area contributed by atoms with Gasteiger partial charge < -0.3 is 5.32 Å². The fraction of sp³-hybridized carbons (Fsp3) is 0.182. The van der Waals surface area contributed by atoms with Crippen molar-refractivity contribution < 1.29 is 13.2 Å². The molecule has 1 heterocycles. The van der Waals surface area contributed by atoms with Crippen molar-refractivity contribution in [3.63, 3.8) is 0 Å². The largest absolute Gasteiger partial charge is 0.352 e. The minimum absolute atomic E-state index is 0.145. The van der Waals surface area contributed by atoms with Crippen molar-refractivity contribution in [3.05, 3.63) is 83.6 Å². The lowest BCUT2D eigenvalue weighted by atomic mass is 10.1. The van der Waals surface area contributed by atoms with E-state index in [1.807, 2.05) is 19.1 Å². The van der Waals surface area contributed by atoms with Crippen molar-refractivity contribution in [3.8, 4) is 11.3 Å². The molecule has 144 valence electrons. The molecule has 0 unspecified atom stereocenters. The van der Waals surface area contributed by atoms with Crippen LogP contribution in [0.4, 0.5) is 0 Å². The zero-order chi connectivity index (χ0) is 20.1. The Morgan fingerprint density at radius 1 is 1.04 bits per heavy atom. The molecule has 28 heavy (non-hydrogen) atoms. The molecule has 2 aromatic carbocycles. The summed E-state index contributed by atoms with van der Waals surface area (Å²) in [6, 6.07) is 18.1. The van der Waals surface area contributed by atoms with Crippen LogP contribution in [0.15, 0.2) is 71.8 Å². The number of carbonyl (C=O) groups is 1. The summed E-state index contributed by atoms with van der Waals surface area (Å²) in [6.07, 6.45) is 3.43. The van der Waals surface area contributed by atoms with Gasteiger partial charge in [0.05, 0.1) is 10.6 Å². The van der Waals surface area contributed by atoms with Gasteiger partial charge in [-0.3, -0.25) is 9.78 Å². The second kappa shape index (κ2) is 8.35. The van der Waals surface area contributed by atoms with Gasteiger partial charge >= 0.3 is 0 Å². The van der Waals surface area contributed by atoms with Crippen LogP contribution in [0.3, 0.4) is 0 Å². The van der Waals surface area contributed by atoms with Crippen LogP contribution in [0.2, 0.25) is 0 Å². The fourth-order valence-corrected chi connectivity index (χ4v) is 3.74. The van der Waals surface area contributed by atoms with Crippen LogP contribution in [-0.4, -0.2) is 32.1 Å². The quantitative estimate of drug-likeness (QED) is 0.695. The van der Waals surface area contributed by atoms with E-state index >= 15 is 0 Å². The SMILES string of the molecule is Cc1ccc(CCNC(=O)c2cccc(-c3ncccc3S(C)(=O)=O)c2)cc1. The highest BCUT2D eigenvalue weighted by Crippen LogP contribution is 2.25. The predicted molar refractivity (Wildman–Crippen MR) is 110 cm³/mol. The summed E-state index contributed by atoms with van der Waals surface area (Å²) in [4.78, 5) is 16.9. The number of pyridine rings is 1. The zero-order valence-corrected chi connectivity index (χ0v) is 16.7. The molecule has 0 saturated heterocycles. The molecule has 0 fully saturated rings. The number of nitrogens with one attached hydrogen (secondary N) is 1. The van der Waals surface area contributed by atoms with Crippen LogP contribution in [0.25, 0.3) is 11.3 Å². The van der Waals surface area contributed by atoms with Crippen molar-refractivity contribution in [2.75, 3.05) is 12.8 Å². The Morgan fingerprint density at radius 3 is 2.50 bits per heavy atom. The van der Waals surface area contributed by atoms with Crippen LogP contribution >= 0.6 is 0 Å². The van der Waals surface area contributed by atoms with Crippen LogP contribution in [-0.2, 0) is 16.3 Å². The maximum atomic E-state index is 12.5. The maximum absolute atomic E-state index is 12.5. The van der Waals surface area contributed by atoms with Crippen molar-refractivity contribution in [2.45, 2.75) is 18.2 Å². The van der Waals surface area contributed by atoms with Gasteiger partial charge in [0.25, 0.3) is 5.91 Å². The molecule has 0 bridgehead atoms. The molecule has 0 spiro atoms. The first-order valence-electron chi connectivity index (χ1n) is 8.94. The van der Waals surface area contributed by atoms with E-state index in [2.05, 4.69) is 22.4 Å². The summed E-state index contributed by atoms with van der Waals surface area (Å²) < 4.78 is 24.0. The Balaban J connectivity index is 1.75. The highest BCUT2D eigenvalue weighted by atomic mass is 32.2. The zero-order valence-electron chi connectivity index (χ0n) is 15.8. The third-order valence-electron chi connectivity index (χ3n) is 4.39. The van der Waals surface area contributed by atoms with E-state index in [9.17, 15) is 13.2 Å². The summed E-state index contributed by atoms with van der Waals surface area (Å²) in [5, 5.41) is 2.91. The van der Waals surface area contributed by atoms with Gasteiger partial charge in [0.15, 0.2) is 9.84 Å². The monoisotopic (exact) mass is 394 g/mol. The Bertz CT molecular complexity index is 1090. The van der Waals surface area contributed by atoms with Crippen LogP contribution in [0.1, 0.15) is 21.5 Å². The van der Waals surface area contributed by atoms with Gasteiger partial charge in [0.2, 0.25) is 0 Å². The van der Waals surface area contributed by atoms with E-state index in [-0.39, 0.29) is 10.8 Å². The highest BCUT2D eigenvalue weighted by Gasteiger charge is 2.16. The lowest BCUT2D eigenvalue weighted by Gasteiger charge is -2.09. The number of hydrogen-bond acceptors (Lipinski definition) is 4. The number of rotatable bonds is 6. The molecule has 0 aliphatic heterocycles. The Morgan fingerprint density at radius 2 is 1.79 bits per heavy atom. The number of hydrogen-bond donors (Lipinski definition) is 1. The molecular formula is C22H22N2O3S. The topological polar surface area (TPSA) is 76.1 Å². The van der Waals surface area contributed by atoms with E-state index in [0.717, 1.165) is 18.2 Å². The number of carbonyl (C=O) groups excluding carboxylic acids is 1. The summed E-state index contributed by atoms with van der Waals surface area (Å²) >= 11 is 0. The summed E-state index contributed by atoms with van der Waals surface area (Å²) in [6.45, 7) is 2.56. The molecular weight excluding hydrogens is 372 g/mol. The third-order valence-corrected chi connectivity index (χ3v) is 5.52. The van der Waals surface area contributed by atoms with Gasteiger partial charge in [-0.15, -0.1) is 0 Å². The lowest BCUT2D eigenvalue weighted by molar-refractivity contribution is 0.0954. The first kappa shape index (κ1) is 19.8. The Kier molecular flexibility index (Phi) is 5.90. The Labute approximate surface area is 165 Å². The van der Waals surface area contributed by atoms with Gasteiger partial charge in [-0.25, -0.2) is 8.42 Å². The molecule has 0 atom stereocenters. The number of benzene rings is 2. The lowest BCUT2D eigenvalue weighted by Crippen LogP contribution is -2.25. The number of amides is 1. The van der Waals surface area contributed by atoms with Crippen molar-refractivity contribution in [2.24, 2.45) is 0 Å². The standard InChI is InChI=1S/C22H22N2O3S/c1-16-8-10-17(11-9-16)12-14-24-22(25)19-6-3-5-18(15-19)21-20(28(2,26)27)7-4-13-23-21/h3-11,13,15H,12,14H2,1-2H3,(H,24,25). The van der Waals surface area contributed by atoms with Crippen LogP contribution in [0.5, 0.6) is 0 Å². The van der Waals surface area contributed by atoms with Crippen molar-refractivity contribution in [1.82, 2.24) is 10.3 Å². The smallest absolute Gasteiger partial charge is 0.251 e. The summed E-state index contributed by atoms with van der Waals surface area (Å²) in [7, 11) is -3.43. The number of aryl methyl sites for hydroxylation is 1. The van der Waals surface area contributed by atoms with Crippen LogP contribution < -0.4 is 5.32 Å². The molecule has 0 radical (unpaired) electrons. The first-order chi connectivity index (χ1) is 13.3. The number of aromatic nitrogens is 1. The van der Waals surface area contributed by atoms with Gasteiger partial charge in [-0.1, -0.05) is 42.0 Å². The van der Waals surface area contributed by atoms with Crippen LogP contribution in [0, 0.1) is 6.92 Å². The molecule has 3 aromatic rings. The molecule has 6 heteroatoms. The van der Waals surface area contributed by atoms with Gasteiger partial charge in [0, 0.05) is 30.1 Å². The molecule has 0 saturated carbocycles. The van der Waals surface area contributed by atoms with Gasteiger partial charge in [-0.2, -0.15) is 0 Å². The second-order valence-electron chi connectivity index (χ2n) is 6.69. The highest BCUT2D eigenvalue weighted by molar-refractivity contribution is 7.90. The summed E-state index contributed by atoms with van der Waals surface area (Å²) in [5.74, 6) is -0.203. The average Bonchev–Trinajstić information content (AvgIpc) is 2.69. The maximum Gasteiger partial charge on any atom is 0.251 e. The van der Waals surface area contributed by atoms with E-state index in [1.165, 1.54) is 11.6 Å². The van der Waals surface area contributed by atoms with E-state index in [0.29, 0.717) is 23.4 Å². The fourth-order valence-electron chi connectivity index (χ4n) is 2.89. The minimum Gasteiger partial charge on any atom is -0.352 e. The summed E-state index contributed by atoms with van der Waals surface area (Å²) in [5.41, 5.74) is 3.76. The van der Waals surface area contributed by atoms with Gasteiger partial charge in [-0.05, 0) is 43.2 Å². The van der Waals surface area contributed by atoms with Gasteiger partial charge in [0.1, 0.15) is 0 Å². The predicted octanol–water partition coefficient (Wildman–Crippen LogP) is 3.43. The number of sulfone groups is 1. The normalized spacial score (nSPS) is 11.2. The molecule has 3 rings (SSSR count). The van der Waals surface area contributed by atoms with E-state index in [1.54, 1.807) is 36.5 Å². The average molecular weight is 394 g/mol. The molecule has 5 nitrogen and oxygen atoms in total. The molecule has 1 amide bonds. The third kappa shape index (κ3) is 4.84. The first-order valence-corrected chi connectivity index (χ1v) is 10.8. The Hall–Kier alpha value is -2.99. The minimum atomic E-state index is -3.43. The van der Waals surface area contributed by atoms with Crippen molar-refractivity contribution >= 4 is 15.7 Å². The molecule has 1 aromatic heterocycles.